The molecule has 8 nitrogen and oxygen atoms in total. The minimum atomic E-state index is -0.0477. The Labute approximate surface area is 178 Å². The molecule has 0 bridgehead atoms. The number of hydrogen-bond donors (Lipinski definition) is 1. The van der Waals surface area contributed by atoms with Crippen LogP contribution in [0.2, 0.25) is 0 Å². The average Bonchev–Trinajstić information content (AvgIpc) is 3.42. The van der Waals surface area contributed by atoms with E-state index in [1.807, 2.05) is 36.4 Å². The summed E-state index contributed by atoms with van der Waals surface area (Å²) in [6.45, 7) is 0. The summed E-state index contributed by atoms with van der Waals surface area (Å²) in [7, 11) is 4.74. The van der Waals surface area contributed by atoms with Crippen molar-refractivity contribution in [1.29, 1.82) is 0 Å². The molecular formula is C23H22N4O4. The van der Waals surface area contributed by atoms with Crippen LogP contribution in [0.3, 0.4) is 0 Å². The van der Waals surface area contributed by atoms with Gasteiger partial charge in [0.1, 0.15) is 0 Å². The monoisotopic (exact) mass is 418 g/mol. The van der Waals surface area contributed by atoms with Gasteiger partial charge in [0.2, 0.25) is 11.7 Å². The van der Waals surface area contributed by atoms with E-state index in [2.05, 4.69) is 15.1 Å². The van der Waals surface area contributed by atoms with E-state index in [0.29, 0.717) is 41.6 Å². The van der Waals surface area contributed by atoms with E-state index in [4.69, 9.17) is 14.2 Å². The average molecular weight is 418 g/mol. The molecule has 0 aliphatic heterocycles. The molecule has 1 atom stereocenters. The van der Waals surface area contributed by atoms with E-state index in [0.717, 1.165) is 22.3 Å². The van der Waals surface area contributed by atoms with Gasteiger partial charge in [0, 0.05) is 6.42 Å². The molecule has 4 aromatic rings. The fraction of sp³-hybridized carbons (Fsp3) is 0.261. The molecule has 158 valence electrons. The highest BCUT2D eigenvalue weighted by atomic mass is 16.5. The maximum atomic E-state index is 12.9. The number of rotatable bonds is 5. The van der Waals surface area contributed by atoms with Gasteiger partial charge in [-0.2, -0.15) is 5.10 Å². The largest absolute Gasteiger partial charge is 0.493 e. The van der Waals surface area contributed by atoms with Crippen LogP contribution in [0.1, 0.15) is 34.0 Å². The maximum Gasteiger partial charge on any atom is 0.229 e. The summed E-state index contributed by atoms with van der Waals surface area (Å²) in [6, 6.07) is 11.6. The summed E-state index contributed by atoms with van der Waals surface area (Å²) < 4.78 is 18.2. The molecular weight excluding hydrogens is 396 g/mol. The van der Waals surface area contributed by atoms with Gasteiger partial charge in [-0.3, -0.25) is 4.79 Å². The molecule has 2 aromatic heterocycles. The van der Waals surface area contributed by atoms with E-state index in [9.17, 15) is 4.79 Å². The number of ketones is 1. The lowest BCUT2D eigenvalue weighted by molar-refractivity contribution is 0.0963. The van der Waals surface area contributed by atoms with Crippen LogP contribution >= 0.6 is 0 Å². The van der Waals surface area contributed by atoms with Gasteiger partial charge in [0.25, 0.3) is 0 Å². The fourth-order valence-corrected chi connectivity index (χ4v) is 4.24. The summed E-state index contributed by atoms with van der Waals surface area (Å²) in [5.41, 5.74) is 4.21. The number of para-hydroxylation sites is 2. The Morgan fingerprint density at radius 1 is 1.03 bits per heavy atom. The normalized spacial score (nSPS) is 15.7. The van der Waals surface area contributed by atoms with Crippen molar-refractivity contribution in [3.05, 3.63) is 59.4 Å². The zero-order valence-corrected chi connectivity index (χ0v) is 17.5. The van der Waals surface area contributed by atoms with Crippen molar-refractivity contribution in [3.8, 4) is 23.2 Å². The highest BCUT2D eigenvalue weighted by Gasteiger charge is 2.32. The van der Waals surface area contributed by atoms with Crippen LogP contribution in [0.25, 0.3) is 17.0 Å². The quantitative estimate of drug-likeness (QED) is 0.532. The first-order valence-electron chi connectivity index (χ1n) is 9.98. The van der Waals surface area contributed by atoms with Gasteiger partial charge in [-0.25, -0.2) is 9.67 Å². The first-order chi connectivity index (χ1) is 15.1. The highest BCUT2D eigenvalue weighted by Crippen LogP contribution is 2.43. The van der Waals surface area contributed by atoms with Crippen molar-refractivity contribution in [2.24, 2.45) is 0 Å². The molecule has 0 radical (unpaired) electrons. The van der Waals surface area contributed by atoms with Crippen molar-refractivity contribution < 1.29 is 19.0 Å². The number of fused-ring (bicyclic) bond motifs is 2. The maximum absolute atomic E-state index is 12.9. The molecule has 31 heavy (non-hydrogen) atoms. The Hall–Kier alpha value is -3.81. The highest BCUT2D eigenvalue weighted by molar-refractivity contribution is 5.98. The molecule has 0 fully saturated rings. The van der Waals surface area contributed by atoms with Gasteiger partial charge in [0.05, 0.1) is 49.8 Å². The number of nitrogens with one attached hydrogen (secondary N) is 1. The number of imidazole rings is 1. The Bertz CT molecular complexity index is 1230. The number of nitrogens with zero attached hydrogens (tertiary/aromatic N) is 3. The molecule has 1 aliphatic rings. The lowest BCUT2D eigenvalue weighted by atomic mass is 9.82. The number of aromatic amines is 1. The van der Waals surface area contributed by atoms with Gasteiger partial charge in [-0.05, 0) is 42.2 Å². The summed E-state index contributed by atoms with van der Waals surface area (Å²) in [5, 5.41) is 4.47. The van der Waals surface area contributed by atoms with Crippen LogP contribution in [-0.2, 0) is 6.42 Å². The van der Waals surface area contributed by atoms with Crippen LogP contribution in [-0.4, -0.2) is 46.9 Å². The predicted octanol–water partition coefficient (Wildman–Crippen LogP) is 3.69. The van der Waals surface area contributed by atoms with E-state index >= 15 is 0 Å². The predicted molar refractivity (Wildman–Crippen MR) is 115 cm³/mol. The van der Waals surface area contributed by atoms with Gasteiger partial charge >= 0.3 is 0 Å². The second-order valence-corrected chi connectivity index (χ2v) is 7.48. The molecule has 0 unspecified atom stereocenters. The minimum absolute atomic E-state index is 0.0477. The van der Waals surface area contributed by atoms with Gasteiger partial charge in [0.15, 0.2) is 17.3 Å². The molecule has 0 spiro atoms. The topological polar surface area (TPSA) is 91.3 Å². The summed E-state index contributed by atoms with van der Waals surface area (Å²) in [4.78, 5) is 20.9. The summed E-state index contributed by atoms with van der Waals surface area (Å²) in [6.07, 6.45) is 2.66. The minimum Gasteiger partial charge on any atom is -0.493 e. The zero-order valence-electron chi connectivity index (χ0n) is 17.5. The van der Waals surface area contributed by atoms with Crippen molar-refractivity contribution in [1.82, 2.24) is 19.7 Å². The number of carbonyl (C=O) groups excluding carboxylic acids is 1. The summed E-state index contributed by atoms with van der Waals surface area (Å²) >= 11 is 0. The number of ether oxygens (including phenoxy) is 3. The molecule has 5 rings (SSSR count). The standard InChI is InChI=1S/C23H22N4O4/c1-29-20-10-14(11-21(30-2)22(20)31-3)13-8-18-15(19(28)9-13)12-24-27(18)23-25-16-6-4-5-7-17(16)26-23/h4-7,10-13H,8-9H2,1-3H3,(H,25,26)/t13-/m0/s1. The third-order valence-corrected chi connectivity index (χ3v) is 5.78. The molecule has 0 amide bonds. The molecule has 8 heteroatoms. The van der Waals surface area contributed by atoms with E-state index < -0.39 is 0 Å². The lowest BCUT2D eigenvalue weighted by Gasteiger charge is -2.24. The second kappa shape index (κ2) is 7.46. The van der Waals surface area contributed by atoms with Crippen LogP contribution in [0.15, 0.2) is 42.6 Å². The number of hydrogen-bond acceptors (Lipinski definition) is 6. The molecule has 2 aromatic carbocycles. The van der Waals surface area contributed by atoms with Crippen LogP contribution in [0.5, 0.6) is 17.2 Å². The van der Waals surface area contributed by atoms with Crippen molar-refractivity contribution in [3.63, 3.8) is 0 Å². The fourth-order valence-electron chi connectivity index (χ4n) is 4.24. The summed E-state index contributed by atoms with van der Waals surface area (Å²) in [5.74, 6) is 2.28. The molecule has 0 saturated heterocycles. The Kier molecular flexibility index (Phi) is 4.62. The number of benzene rings is 2. The smallest absolute Gasteiger partial charge is 0.229 e. The number of Topliss-reactive ketones (excluding diaryl/α,β-unsaturated/α-hetero) is 1. The zero-order chi connectivity index (χ0) is 21.5. The Balaban J connectivity index is 1.56. The van der Waals surface area contributed by atoms with Crippen LogP contribution in [0, 0.1) is 0 Å². The number of methoxy groups -OCH3 is 3. The van der Waals surface area contributed by atoms with Crippen molar-refractivity contribution >= 4 is 16.8 Å². The SMILES string of the molecule is COc1cc([C@@H]2CC(=O)c3cnn(-c4nc5ccccc5[nH]4)c3C2)cc(OC)c1OC. The number of carbonyl (C=O) groups is 1. The van der Waals surface area contributed by atoms with E-state index in [1.165, 1.54) is 0 Å². The molecule has 1 aliphatic carbocycles. The Morgan fingerprint density at radius 2 is 1.77 bits per heavy atom. The molecule has 1 N–H and O–H groups in total. The van der Waals surface area contributed by atoms with Gasteiger partial charge in [-0.1, -0.05) is 12.1 Å². The Morgan fingerprint density at radius 3 is 2.45 bits per heavy atom. The van der Waals surface area contributed by atoms with Crippen LogP contribution in [0.4, 0.5) is 0 Å². The molecule has 0 saturated carbocycles. The first-order valence-corrected chi connectivity index (χ1v) is 9.98. The van der Waals surface area contributed by atoms with Crippen LogP contribution < -0.4 is 14.2 Å². The second-order valence-electron chi connectivity index (χ2n) is 7.48. The first kappa shape index (κ1) is 19.2. The number of H-pyrrole nitrogens is 1. The third kappa shape index (κ3) is 3.11. The van der Waals surface area contributed by atoms with Gasteiger partial charge < -0.3 is 19.2 Å². The van der Waals surface area contributed by atoms with E-state index in [-0.39, 0.29) is 11.7 Å². The van der Waals surface area contributed by atoms with E-state index in [1.54, 1.807) is 32.2 Å². The van der Waals surface area contributed by atoms with Gasteiger partial charge in [-0.15, -0.1) is 0 Å². The lowest BCUT2D eigenvalue weighted by Crippen LogP contribution is -2.20. The van der Waals surface area contributed by atoms with Crippen molar-refractivity contribution in [2.45, 2.75) is 18.8 Å². The van der Waals surface area contributed by atoms with Crippen molar-refractivity contribution in [2.75, 3.05) is 21.3 Å². The third-order valence-electron chi connectivity index (χ3n) is 5.78. The number of aromatic nitrogens is 4. The molecule has 2 heterocycles.